The zero-order valence-electron chi connectivity index (χ0n) is 12.3. The lowest BCUT2D eigenvalue weighted by Crippen LogP contribution is -2.48. The Labute approximate surface area is 122 Å². The van der Waals surface area contributed by atoms with Crippen molar-refractivity contribution < 1.29 is 0 Å². The third-order valence-electron chi connectivity index (χ3n) is 4.70. The number of nitrogens with zero attached hydrogens (tertiary/aromatic N) is 1. The first-order valence-corrected chi connectivity index (χ1v) is 8.07. The van der Waals surface area contributed by atoms with Gasteiger partial charge in [-0.15, -0.1) is 0 Å². The van der Waals surface area contributed by atoms with E-state index in [9.17, 15) is 0 Å². The Morgan fingerprint density at radius 1 is 1.10 bits per heavy atom. The number of rotatable bonds is 4. The van der Waals surface area contributed by atoms with E-state index in [0.717, 1.165) is 13.0 Å². The molecule has 3 unspecified atom stereocenters. The van der Waals surface area contributed by atoms with Crippen molar-refractivity contribution in [3.63, 3.8) is 0 Å². The molecule has 2 fully saturated rings. The molecule has 0 aromatic heterocycles. The number of nitrogens with two attached hydrogens (primary N) is 1. The number of hydrogen-bond acceptors (Lipinski definition) is 3. The van der Waals surface area contributed by atoms with Gasteiger partial charge in [0, 0.05) is 31.2 Å². The average molecular weight is 273 g/mol. The molecule has 1 saturated heterocycles. The Morgan fingerprint density at radius 3 is 2.70 bits per heavy atom. The molecule has 1 saturated carbocycles. The third-order valence-corrected chi connectivity index (χ3v) is 4.70. The Kier molecular flexibility index (Phi) is 4.71. The van der Waals surface area contributed by atoms with E-state index in [4.69, 9.17) is 5.73 Å². The van der Waals surface area contributed by atoms with Crippen molar-refractivity contribution in [1.82, 2.24) is 10.2 Å². The number of hydrogen-bond donors (Lipinski definition) is 2. The molecular weight excluding hydrogens is 246 g/mol. The number of benzene rings is 1. The SMILES string of the molecule is NC1CCC(NC2CCCN(Cc3ccccc3)C2)C1. The van der Waals surface area contributed by atoms with Crippen LogP contribution >= 0.6 is 0 Å². The molecule has 2 aliphatic rings. The van der Waals surface area contributed by atoms with Crippen molar-refractivity contribution in [3.8, 4) is 0 Å². The molecular formula is C17H27N3. The predicted molar refractivity (Wildman–Crippen MR) is 83.5 cm³/mol. The molecule has 20 heavy (non-hydrogen) atoms. The van der Waals surface area contributed by atoms with Crippen molar-refractivity contribution in [2.45, 2.75) is 56.8 Å². The maximum Gasteiger partial charge on any atom is 0.0234 e. The third kappa shape index (κ3) is 3.81. The minimum absolute atomic E-state index is 0.427. The highest BCUT2D eigenvalue weighted by Crippen LogP contribution is 2.20. The molecule has 1 aromatic carbocycles. The van der Waals surface area contributed by atoms with Gasteiger partial charge in [0.25, 0.3) is 0 Å². The Balaban J connectivity index is 1.49. The Morgan fingerprint density at radius 2 is 1.95 bits per heavy atom. The normalized spacial score (nSPS) is 31.6. The van der Waals surface area contributed by atoms with Gasteiger partial charge in [-0.25, -0.2) is 0 Å². The molecule has 1 aromatic rings. The Hall–Kier alpha value is -0.900. The summed E-state index contributed by atoms with van der Waals surface area (Å²) in [4.78, 5) is 2.59. The summed E-state index contributed by atoms with van der Waals surface area (Å²) in [5, 5.41) is 3.84. The van der Waals surface area contributed by atoms with Gasteiger partial charge in [0.2, 0.25) is 0 Å². The highest BCUT2D eigenvalue weighted by molar-refractivity contribution is 5.14. The predicted octanol–water partition coefficient (Wildman–Crippen LogP) is 2.12. The first kappa shape index (κ1) is 14.1. The van der Waals surface area contributed by atoms with E-state index >= 15 is 0 Å². The van der Waals surface area contributed by atoms with E-state index in [1.165, 1.54) is 44.3 Å². The van der Waals surface area contributed by atoms with E-state index in [2.05, 4.69) is 40.5 Å². The highest BCUT2D eigenvalue weighted by Gasteiger charge is 2.26. The van der Waals surface area contributed by atoms with E-state index in [1.807, 2.05) is 0 Å². The molecule has 3 rings (SSSR count). The molecule has 3 atom stereocenters. The van der Waals surface area contributed by atoms with Gasteiger partial charge >= 0.3 is 0 Å². The first-order chi connectivity index (χ1) is 9.79. The summed E-state index contributed by atoms with van der Waals surface area (Å²) in [5.74, 6) is 0. The quantitative estimate of drug-likeness (QED) is 0.883. The second kappa shape index (κ2) is 6.70. The van der Waals surface area contributed by atoms with Gasteiger partial charge in [-0.05, 0) is 44.2 Å². The minimum Gasteiger partial charge on any atom is -0.328 e. The summed E-state index contributed by atoms with van der Waals surface area (Å²) in [6.07, 6.45) is 6.24. The fourth-order valence-corrected chi connectivity index (χ4v) is 3.68. The fraction of sp³-hybridized carbons (Fsp3) is 0.647. The molecule has 1 heterocycles. The largest absolute Gasteiger partial charge is 0.328 e. The molecule has 0 radical (unpaired) electrons. The minimum atomic E-state index is 0.427. The van der Waals surface area contributed by atoms with Crippen LogP contribution in [0.2, 0.25) is 0 Å². The fourth-order valence-electron chi connectivity index (χ4n) is 3.68. The van der Waals surface area contributed by atoms with Gasteiger partial charge in [-0.3, -0.25) is 4.90 Å². The maximum absolute atomic E-state index is 6.01. The lowest BCUT2D eigenvalue weighted by molar-refractivity contribution is 0.175. The summed E-state index contributed by atoms with van der Waals surface area (Å²) in [7, 11) is 0. The van der Waals surface area contributed by atoms with Gasteiger partial charge in [-0.1, -0.05) is 30.3 Å². The molecule has 0 amide bonds. The molecule has 3 nitrogen and oxygen atoms in total. The second-order valence-electron chi connectivity index (χ2n) is 6.50. The summed E-state index contributed by atoms with van der Waals surface area (Å²) in [6, 6.07) is 12.6. The summed E-state index contributed by atoms with van der Waals surface area (Å²) in [6.45, 7) is 3.50. The molecule has 0 spiro atoms. The molecule has 3 heteroatoms. The van der Waals surface area contributed by atoms with Gasteiger partial charge in [0.1, 0.15) is 0 Å². The number of likely N-dealkylation sites (tertiary alicyclic amines) is 1. The molecule has 1 aliphatic heterocycles. The average Bonchev–Trinajstić information content (AvgIpc) is 2.86. The molecule has 3 N–H and O–H groups in total. The summed E-state index contributed by atoms with van der Waals surface area (Å²) >= 11 is 0. The van der Waals surface area contributed by atoms with E-state index in [-0.39, 0.29) is 0 Å². The van der Waals surface area contributed by atoms with Crippen LogP contribution in [0, 0.1) is 0 Å². The standard InChI is InChI=1S/C17H27N3/c18-15-8-9-16(11-15)19-17-7-4-10-20(13-17)12-14-5-2-1-3-6-14/h1-3,5-6,15-17,19H,4,7-13,18H2. The van der Waals surface area contributed by atoms with Gasteiger partial charge in [-0.2, -0.15) is 0 Å². The van der Waals surface area contributed by atoms with Crippen LogP contribution in [0.3, 0.4) is 0 Å². The number of piperidine rings is 1. The smallest absolute Gasteiger partial charge is 0.0234 e. The Bertz CT molecular complexity index is 406. The van der Waals surface area contributed by atoms with Crippen LogP contribution in [-0.2, 0) is 6.54 Å². The van der Waals surface area contributed by atoms with E-state index in [0.29, 0.717) is 18.1 Å². The molecule has 1 aliphatic carbocycles. The van der Waals surface area contributed by atoms with Crippen LogP contribution in [0.15, 0.2) is 30.3 Å². The highest BCUT2D eigenvalue weighted by atomic mass is 15.2. The van der Waals surface area contributed by atoms with E-state index < -0.39 is 0 Å². The second-order valence-corrected chi connectivity index (χ2v) is 6.50. The first-order valence-electron chi connectivity index (χ1n) is 8.07. The van der Waals surface area contributed by atoms with Crippen molar-refractivity contribution in [2.24, 2.45) is 5.73 Å². The van der Waals surface area contributed by atoms with Crippen molar-refractivity contribution in [2.75, 3.05) is 13.1 Å². The summed E-state index contributed by atoms with van der Waals surface area (Å²) < 4.78 is 0. The van der Waals surface area contributed by atoms with Crippen molar-refractivity contribution in [1.29, 1.82) is 0 Å². The van der Waals surface area contributed by atoms with Gasteiger partial charge in [0.05, 0.1) is 0 Å². The van der Waals surface area contributed by atoms with E-state index in [1.54, 1.807) is 0 Å². The van der Waals surface area contributed by atoms with Crippen molar-refractivity contribution in [3.05, 3.63) is 35.9 Å². The van der Waals surface area contributed by atoms with Crippen LogP contribution in [0.1, 0.15) is 37.7 Å². The zero-order valence-corrected chi connectivity index (χ0v) is 12.3. The topological polar surface area (TPSA) is 41.3 Å². The van der Waals surface area contributed by atoms with Crippen LogP contribution in [0.4, 0.5) is 0 Å². The monoisotopic (exact) mass is 273 g/mol. The molecule has 0 bridgehead atoms. The van der Waals surface area contributed by atoms with Crippen molar-refractivity contribution >= 4 is 0 Å². The van der Waals surface area contributed by atoms with Gasteiger partial charge < -0.3 is 11.1 Å². The number of nitrogens with one attached hydrogen (secondary N) is 1. The lowest BCUT2D eigenvalue weighted by Gasteiger charge is -2.34. The zero-order chi connectivity index (χ0) is 13.8. The van der Waals surface area contributed by atoms with Crippen LogP contribution < -0.4 is 11.1 Å². The maximum atomic E-state index is 6.01. The lowest BCUT2D eigenvalue weighted by atomic mass is 10.0. The van der Waals surface area contributed by atoms with Gasteiger partial charge in [0.15, 0.2) is 0 Å². The van der Waals surface area contributed by atoms with Crippen LogP contribution in [0.25, 0.3) is 0 Å². The summed E-state index contributed by atoms with van der Waals surface area (Å²) in [5.41, 5.74) is 7.44. The van der Waals surface area contributed by atoms with Crippen LogP contribution in [-0.4, -0.2) is 36.1 Å². The van der Waals surface area contributed by atoms with Crippen LogP contribution in [0.5, 0.6) is 0 Å². The molecule has 110 valence electrons.